The molecule has 0 amide bonds. The normalized spacial score (nSPS) is 15.0. The number of rotatable bonds is 6. The molecule has 0 bridgehead atoms. The number of anilines is 1. The number of benzene rings is 1. The standard InChI is InChI=1S/C13H17BrClNO/c1-17-7-6-16(12-4-5-12)13-8-11(14)3-2-10(13)9-15/h2-3,8,12H,4-7,9H2,1H3. The summed E-state index contributed by atoms with van der Waals surface area (Å²) in [6, 6.07) is 6.96. The van der Waals surface area contributed by atoms with Crippen LogP contribution in [0.25, 0.3) is 0 Å². The number of hydrogen-bond acceptors (Lipinski definition) is 2. The maximum Gasteiger partial charge on any atom is 0.0637 e. The average molecular weight is 319 g/mol. The Kier molecular flexibility index (Phi) is 4.71. The predicted molar refractivity (Wildman–Crippen MR) is 75.9 cm³/mol. The van der Waals surface area contributed by atoms with Crippen molar-refractivity contribution >= 4 is 33.2 Å². The van der Waals surface area contributed by atoms with Crippen LogP contribution in [-0.2, 0) is 10.6 Å². The smallest absolute Gasteiger partial charge is 0.0637 e. The molecule has 1 saturated carbocycles. The first-order chi connectivity index (χ1) is 8.26. The minimum Gasteiger partial charge on any atom is -0.383 e. The van der Waals surface area contributed by atoms with Crippen LogP contribution >= 0.6 is 27.5 Å². The van der Waals surface area contributed by atoms with Crippen molar-refractivity contribution in [3.8, 4) is 0 Å². The Labute approximate surface area is 116 Å². The molecule has 0 aromatic heterocycles. The second-order valence-electron chi connectivity index (χ2n) is 4.32. The Balaban J connectivity index is 2.23. The van der Waals surface area contributed by atoms with Crippen LogP contribution < -0.4 is 4.90 Å². The van der Waals surface area contributed by atoms with E-state index in [1.165, 1.54) is 24.1 Å². The molecule has 2 nitrogen and oxygen atoms in total. The molecule has 0 aliphatic heterocycles. The predicted octanol–water partition coefficient (Wildman–Crippen LogP) is 3.80. The summed E-state index contributed by atoms with van der Waals surface area (Å²) in [5.41, 5.74) is 2.44. The van der Waals surface area contributed by atoms with Crippen molar-refractivity contribution in [1.82, 2.24) is 0 Å². The van der Waals surface area contributed by atoms with Gasteiger partial charge in [0, 0.05) is 35.7 Å². The third kappa shape index (κ3) is 3.36. The van der Waals surface area contributed by atoms with Crippen molar-refractivity contribution in [2.24, 2.45) is 0 Å². The molecule has 0 spiro atoms. The van der Waals surface area contributed by atoms with Crippen LogP contribution in [0.5, 0.6) is 0 Å². The van der Waals surface area contributed by atoms with Crippen molar-refractivity contribution < 1.29 is 4.74 Å². The fourth-order valence-corrected chi connectivity index (χ4v) is 2.57. The van der Waals surface area contributed by atoms with Gasteiger partial charge in [0.2, 0.25) is 0 Å². The highest BCUT2D eigenvalue weighted by Gasteiger charge is 2.30. The molecular formula is C13H17BrClNO. The van der Waals surface area contributed by atoms with E-state index in [0.29, 0.717) is 11.9 Å². The van der Waals surface area contributed by atoms with Crippen molar-refractivity contribution in [2.75, 3.05) is 25.2 Å². The summed E-state index contributed by atoms with van der Waals surface area (Å²) in [6.07, 6.45) is 2.55. The van der Waals surface area contributed by atoms with Crippen molar-refractivity contribution in [3.63, 3.8) is 0 Å². The number of alkyl halides is 1. The number of halogens is 2. The van der Waals surface area contributed by atoms with Gasteiger partial charge in [0.05, 0.1) is 6.61 Å². The van der Waals surface area contributed by atoms with Crippen LogP contribution in [0.1, 0.15) is 18.4 Å². The monoisotopic (exact) mass is 317 g/mol. The second-order valence-corrected chi connectivity index (χ2v) is 5.51. The summed E-state index contributed by atoms with van der Waals surface area (Å²) in [5, 5.41) is 0. The van der Waals surface area contributed by atoms with E-state index < -0.39 is 0 Å². The Hall–Kier alpha value is -0.250. The third-order valence-corrected chi connectivity index (χ3v) is 3.81. The first-order valence-corrected chi connectivity index (χ1v) is 7.19. The van der Waals surface area contributed by atoms with Gasteiger partial charge in [-0.1, -0.05) is 22.0 Å². The lowest BCUT2D eigenvalue weighted by molar-refractivity contribution is 0.205. The molecule has 1 fully saturated rings. The van der Waals surface area contributed by atoms with Crippen LogP contribution in [0, 0.1) is 0 Å². The van der Waals surface area contributed by atoms with Gasteiger partial charge in [-0.15, -0.1) is 11.6 Å². The first-order valence-electron chi connectivity index (χ1n) is 5.86. The summed E-state index contributed by atoms with van der Waals surface area (Å²) in [6.45, 7) is 1.69. The summed E-state index contributed by atoms with van der Waals surface area (Å²) >= 11 is 9.54. The molecule has 0 heterocycles. The maximum atomic E-state index is 6.01. The lowest BCUT2D eigenvalue weighted by atomic mass is 10.1. The van der Waals surface area contributed by atoms with E-state index in [-0.39, 0.29) is 0 Å². The van der Waals surface area contributed by atoms with Crippen LogP contribution in [0.2, 0.25) is 0 Å². The maximum absolute atomic E-state index is 6.01. The van der Waals surface area contributed by atoms with Gasteiger partial charge in [-0.05, 0) is 30.5 Å². The fraction of sp³-hybridized carbons (Fsp3) is 0.538. The second kappa shape index (κ2) is 6.07. The lowest BCUT2D eigenvalue weighted by Crippen LogP contribution is -2.30. The Bertz CT molecular complexity index is 382. The molecule has 94 valence electrons. The molecule has 1 aromatic rings. The molecule has 0 saturated heterocycles. The highest BCUT2D eigenvalue weighted by molar-refractivity contribution is 9.10. The zero-order valence-corrected chi connectivity index (χ0v) is 12.3. The van der Waals surface area contributed by atoms with Crippen molar-refractivity contribution in [1.29, 1.82) is 0 Å². The average Bonchev–Trinajstić information content (AvgIpc) is 3.14. The molecule has 17 heavy (non-hydrogen) atoms. The molecule has 1 aliphatic rings. The van der Waals surface area contributed by atoms with Crippen LogP contribution in [0.4, 0.5) is 5.69 Å². The minimum atomic E-state index is 0.554. The Morgan fingerprint density at radius 3 is 2.82 bits per heavy atom. The topological polar surface area (TPSA) is 12.5 Å². The summed E-state index contributed by atoms with van der Waals surface area (Å²) in [7, 11) is 1.74. The van der Waals surface area contributed by atoms with E-state index in [1.807, 2.05) is 6.07 Å². The van der Waals surface area contributed by atoms with Gasteiger partial charge in [0.15, 0.2) is 0 Å². The zero-order valence-electron chi connectivity index (χ0n) is 9.96. The highest BCUT2D eigenvalue weighted by atomic mass is 79.9. The molecule has 0 unspecified atom stereocenters. The van der Waals surface area contributed by atoms with Crippen LogP contribution in [0.3, 0.4) is 0 Å². The van der Waals surface area contributed by atoms with Crippen molar-refractivity contribution in [2.45, 2.75) is 24.8 Å². The van der Waals surface area contributed by atoms with Crippen LogP contribution in [-0.4, -0.2) is 26.3 Å². The molecular weight excluding hydrogens is 302 g/mol. The van der Waals surface area contributed by atoms with Gasteiger partial charge in [-0.3, -0.25) is 0 Å². The lowest BCUT2D eigenvalue weighted by Gasteiger charge is -2.26. The van der Waals surface area contributed by atoms with Gasteiger partial charge in [-0.25, -0.2) is 0 Å². The van der Waals surface area contributed by atoms with E-state index in [0.717, 1.165) is 17.6 Å². The van der Waals surface area contributed by atoms with E-state index in [2.05, 4.69) is 33.0 Å². The molecule has 0 radical (unpaired) electrons. The largest absolute Gasteiger partial charge is 0.383 e. The first kappa shape index (κ1) is 13.2. The molecule has 0 N–H and O–H groups in total. The van der Waals surface area contributed by atoms with E-state index in [4.69, 9.17) is 16.3 Å². The van der Waals surface area contributed by atoms with E-state index >= 15 is 0 Å². The number of hydrogen-bond donors (Lipinski definition) is 0. The number of ether oxygens (including phenoxy) is 1. The molecule has 1 aliphatic carbocycles. The molecule has 0 atom stereocenters. The molecule has 1 aromatic carbocycles. The number of methoxy groups -OCH3 is 1. The zero-order chi connectivity index (χ0) is 12.3. The van der Waals surface area contributed by atoms with Gasteiger partial charge < -0.3 is 9.64 Å². The summed E-state index contributed by atoms with van der Waals surface area (Å²) < 4.78 is 6.29. The van der Waals surface area contributed by atoms with E-state index in [1.54, 1.807) is 7.11 Å². The van der Waals surface area contributed by atoms with Crippen LogP contribution in [0.15, 0.2) is 22.7 Å². The van der Waals surface area contributed by atoms with Gasteiger partial charge in [0.25, 0.3) is 0 Å². The fourth-order valence-electron chi connectivity index (χ4n) is 1.99. The van der Waals surface area contributed by atoms with Crippen molar-refractivity contribution in [3.05, 3.63) is 28.2 Å². The van der Waals surface area contributed by atoms with Gasteiger partial charge >= 0.3 is 0 Å². The number of nitrogens with zero attached hydrogens (tertiary/aromatic N) is 1. The molecule has 2 rings (SSSR count). The SMILES string of the molecule is COCCN(c1cc(Br)ccc1CCl)C1CC1. The Morgan fingerprint density at radius 1 is 1.47 bits per heavy atom. The summed E-state index contributed by atoms with van der Waals surface area (Å²) in [5.74, 6) is 0.554. The quantitative estimate of drug-likeness (QED) is 0.740. The molecule has 4 heteroatoms. The van der Waals surface area contributed by atoms with Gasteiger partial charge in [-0.2, -0.15) is 0 Å². The van der Waals surface area contributed by atoms with E-state index in [9.17, 15) is 0 Å². The minimum absolute atomic E-state index is 0.554. The Morgan fingerprint density at radius 2 is 2.24 bits per heavy atom. The summed E-state index contributed by atoms with van der Waals surface area (Å²) in [4.78, 5) is 2.42. The van der Waals surface area contributed by atoms with Gasteiger partial charge in [0.1, 0.15) is 0 Å². The highest BCUT2D eigenvalue weighted by Crippen LogP contribution is 2.35. The third-order valence-electron chi connectivity index (χ3n) is 3.02.